The summed E-state index contributed by atoms with van der Waals surface area (Å²) in [5.74, 6) is -0.400. The minimum absolute atomic E-state index is 0.0617. The number of carbonyl (C=O) groups is 2. The number of alkyl carbamates (subject to hydrolysis) is 1. The average Bonchev–Trinajstić information content (AvgIpc) is 2.54. The van der Waals surface area contributed by atoms with Crippen molar-refractivity contribution in [2.75, 3.05) is 26.2 Å². The number of hydrogen-bond donors (Lipinski definition) is 2. The van der Waals surface area contributed by atoms with E-state index in [0.717, 1.165) is 25.9 Å². The molecule has 1 heterocycles. The number of benzene rings is 1. The summed E-state index contributed by atoms with van der Waals surface area (Å²) in [7, 11) is 0. The Morgan fingerprint density at radius 3 is 2.74 bits per heavy atom. The molecule has 150 valence electrons. The molecule has 7 nitrogen and oxygen atoms in total. The Bertz CT molecular complexity index is 669. The summed E-state index contributed by atoms with van der Waals surface area (Å²) in [5.41, 5.74) is 0.462. The molecule has 1 aliphatic heterocycles. The van der Waals surface area contributed by atoms with Gasteiger partial charge in [0, 0.05) is 19.1 Å². The molecule has 2 N–H and O–H groups in total. The molecular formula is C20H30N2O5. The van der Waals surface area contributed by atoms with Gasteiger partial charge in [-0.3, -0.25) is 4.90 Å². The smallest absolute Gasteiger partial charge is 0.407 e. The number of ether oxygens (including phenoxy) is 2. The summed E-state index contributed by atoms with van der Waals surface area (Å²) < 4.78 is 11.0. The molecule has 0 radical (unpaired) electrons. The van der Waals surface area contributed by atoms with Gasteiger partial charge in [0.1, 0.15) is 18.0 Å². The van der Waals surface area contributed by atoms with Crippen LogP contribution in [0.4, 0.5) is 4.79 Å². The number of nitrogens with zero attached hydrogens (tertiary/aromatic N) is 1. The second-order valence-corrected chi connectivity index (χ2v) is 7.92. The molecule has 0 aliphatic carbocycles. The predicted octanol–water partition coefficient (Wildman–Crippen LogP) is 3.06. The Balaban J connectivity index is 1.78. The first-order valence-electron chi connectivity index (χ1n) is 9.32. The summed E-state index contributed by atoms with van der Waals surface area (Å²) in [4.78, 5) is 25.4. The largest absolute Gasteiger partial charge is 0.492 e. The fourth-order valence-corrected chi connectivity index (χ4v) is 3.06. The highest BCUT2D eigenvalue weighted by molar-refractivity contribution is 5.89. The Morgan fingerprint density at radius 1 is 1.33 bits per heavy atom. The standard InChI is InChI=1S/C20H30N2O5/c1-14-7-8-16(12-17(14)18(23)24)26-11-10-22-9-5-6-15(13-22)21-19(25)27-20(2,3)4/h7-8,12,15H,5-6,9-11,13H2,1-4H3,(H,21,25)(H,23,24)/t15-/m0/s1. The van der Waals surface area contributed by atoms with E-state index in [-0.39, 0.29) is 17.7 Å². The lowest BCUT2D eigenvalue weighted by Gasteiger charge is -2.33. The SMILES string of the molecule is Cc1ccc(OCCN2CCC[C@H](NC(=O)OC(C)(C)C)C2)cc1C(=O)O. The van der Waals surface area contributed by atoms with Crippen LogP contribution in [0.5, 0.6) is 5.75 Å². The summed E-state index contributed by atoms with van der Waals surface area (Å²) in [6.07, 6.45) is 1.54. The third-order valence-corrected chi connectivity index (χ3v) is 4.34. The van der Waals surface area contributed by atoms with Crippen molar-refractivity contribution in [1.29, 1.82) is 0 Å². The van der Waals surface area contributed by atoms with E-state index in [1.54, 1.807) is 25.1 Å². The van der Waals surface area contributed by atoms with Crippen LogP contribution in [0.2, 0.25) is 0 Å². The molecule has 0 spiro atoms. The number of aromatic carboxylic acids is 1. The first kappa shape index (κ1) is 21.0. The summed E-state index contributed by atoms with van der Waals surface area (Å²) in [6, 6.07) is 5.15. The second kappa shape index (κ2) is 9.08. The molecule has 0 bridgehead atoms. The highest BCUT2D eigenvalue weighted by atomic mass is 16.6. The molecule has 27 heavy (non-hydrogen) atoms. The third kappa shape index (κ3) is 7.09. The monoisotopic (exact) mass is 378 g/mol. The number of likely N-dealkylation sites (tertiary alicyclic amines) is 1. The number of hydrogen-bond acceptors (Lipinski definition) is 5. The molecule has 1 amide bonds. The number of amides is 1. The molecule has 7 heteroatoms. The van der Waals surface area contributed by atoms with Crippen molar-refractivity contribution in [3.8, 4) is 5.75 Å². The zero-order chi connectivity index (χ0) is 20.0. The molecule has 0 unspecified atom stereocenters. The van der Waals surface area contributed by atoms with Crippen LogP contribution in [0.3, 0.4) is 0 Å². The number of carboxylic acid groups (broad SMARTS) is 1. The Morgan fingerprint density at radius 2 is 2.07 bits per heavy atom. The van der Waals surface area contributed by atoms with Crippen molar-refractivity contribution in [2.45, 2.75) is 52.2 Å². The fraction of sp³-hybridized carbons (Fsp3) is 0.600. The summed E-state index contributed by atoms with van der Waals surface area (Å²) in [6.45, 7) is 10.2. The molecule has 1 fully saturated rings. The average molecular weight is 378 g/mol. The lowest BCUT2D eigenvalue weighted by atomic mass is 10.1. The Kier molecular flexibility index (Phi) is 7.07. The first-order valence-corrected chi connectivity index (χ1v) is 9.32. The maximum atomic E-state index is 11.9. The van der Waals surface area contributed by atoms with Gasteiger partial charge in [-0.15, -0.1) is 0 Å². The molecule has 1 aromatic carbocycles. The first-order chi connectivity index (χ1) is 12.6. The maximum absolute atomic E-state index is 11.9. The summed E-state index contributed by atoms with van der Waals surface area (Å²) in [5, 5.41) is 12.1. The number of carbonyl (C=O) groups excluding carboxylic acids is 1. The number of rotatable bonds is 6. The maximum Gasteiger partial charge on any atom is 0.407 e. The molecule has 1 aromatic rings. The van der Waals surface area contributed by atoms with Gasteiger partial charge in [-0.1, -0.05) is 6.07 Å². The van der Waals surface area contributed by atoms with Gasteiger partial charge in [-0.05, 0) is 64.8 Å². The van der Waals surface area contributed by atoms with E-state index < -0.39 is 11.6 Å². The van der Waals surface area contributed by atoms with E-state index >= 15 is 0 Å². The Labute approximate surface area is 160 Å². The number of nitrogens with one attached hydrogen (secondary N) is 1. The van der Waals surface area contributed by atoms with Crippen molar-refractivity contribution in [1.82, 2.24) is 10.2 Å². The van der Waals surface area contributed by atoms with Gasteiger partial charge in [0.15, 0.2) is 0 Å². The lowest BCUT2D eigenvalue weighted by Crippen LogP contribution is -2.49. The van der Waals surface area contributed by atoms with Gasteiger partial charge < -0.3 is 19.9 Å². The van der Waals surface area contributed by atoms with Crippen molar-refractivity contribution < 1.29 is 24.2 Å². The van der Waals surface area contributed by atoms with Gasteiger partial charge in [0.25, 0.3) is 0 Å². The van der Waals surface area contributed by atoms with E-state index in [9.17, 15) is 14.7 Å². The van der Waals surface area contributed by atoms with Gasteiger partial charge >= 0.3 is 12.1 Å². The second-order valence-electron chi connectivity index (χ2n) is 7.92. The normalized spacial score (nSPS) is 18.0. The quantitative estimate of drug-likeness (QED) is 0.791. The van der Waals surface area contributed by atoms with Crippen LogP contribution >= 0.6 is 0 Å². The van der Waals surface area contributed by atoms with Crippen LogP contribution in [0.25, 0.3) is 0 Å². The van der Waals surface area contributed by atoms with E-state index in [0.29, 0.717) is 24.5 Å². The van der Waals surface area contributed by atoms with Gasteiger partial charge in [0.05, 0.1) is 5.56 Å². The zero-order valence-electron chi connectivity index (χ0n) is 16.6. The number of carboxylic acids is 1. The topological polar surface area (TPSA) is 88.1 Å². The van der Waals surface area contributed by atoms with E-state index in [1.165, 1.54) is 0 Å². The molecule has 0 saturated carbocycles. The van der Waals surface area contributed by atoms with Crippen LogP contribution in [0.1, 0.15) is 49.5 Å². The number of aryl methyl sites for hydroxylation is 1. The minimum atomic E-state index is -0.954. The third-order valence-electron chi connectivity index (χ3n) is 4.34. The predicted molar refractivity (Wildman–Crippen MR) is 102 cm³/mol. The van der Waals surface area contributed by atoms with E-state index in [2.05, 4.69) is 10.2 Å². The van der Waals surface area contributed by atoms with Crippen LogP contribution in [-0.4, -0.2) is 60.0 Å². The van der Waals surface area contributed by atoms with Crippen molar-refractivity contribution in [2.24, 2.45) is 0 Å². The van der Waals surface area contributed by atoms with Crippen molar-refractivity contribution >= 4 is 12.1 Å². The molecular weight excluding hydrogens is 348 g/mol. The summed E-state index contributed by atoms with van der Waals surface area (Å²) >= 11 is 0. The van der Waals surface area contributed by atoms with Gasteiger partial charge in [0.2, 0.25) is 0 Å². The Hall–Kier alpha value is -2.28. The molecule has 0 aromatic heterocycles. The van der Waals surface area contributed by atoms with Crippen LogP contribution in [0.15, 0.2) is 18.2 Å². The van der Waals surface area contributed by atoms with Gasteiger partial charge in [-0.2, -0.15) is 0 Å². The molecule has 1 aliphatic rings. The fourth-order valence-electron chi connectivity index (χ4n) is 3.06. The van der Waals surface area contributed by atoms with E-state index in [4.69, 9.17) is 9.47 Å². The van der Waals surface area contributed by atoms with Crippen molar-refractivity contribution in [3.63, 3.8) is 0 Å². The van der Waals surface area contributed by atoms with Crippen LogP contribution in [0, 0.1) is 6.92 Å². The molecule has 1 saturated heterocycles. The lowest BCUT2D eigenvalue weighted by molar-refractivity contribution is 0.0468. The molecule has 2 rings (SSSR count). The minimum Gasteiger partial charge on any atom is -0.492 e. The van der Waals surface area contributed by atoms with Crippen LogP contribution < -0.4 is 10.1 Å². The molecule has 1 atom stereocenters. The van der Waals surface area contributed by atoms with Crippen LogP contribution in [-0.2, 0) is 4.74 Å². The van der Waals surface area contributed by atoms with Crippen molar-refractivity contribution in [3.05, 3.63) is 29.3 Å². The highest BCUT2D eigenvalue weighted by Crippen LogP contribution is 2.18. The van der Waals surface area contributed by atoms with Gasteiger partial charge in [-0.25, -0.2) is 9.59 Å². The zero-order valence-corrected chi connectivity index (χ0v) is 16.6. The number of piperidine rings is 1. The highest BCUT2D eigenvalue weighted by Gasteiger charge is 2.24. The van der Waals surface area contributed by atoms with E-state index in [1.807, 2.05) is 20.8 Å².